The second-order valence-electron chi connectivity index (χ2n) is 6.64. The number of carbonyl (C=O) groups excluding carboxylic acids is 1. The Morgan fingerprint density at radius 2 is 2.19 bits per heavy atom. The van der Waals surface area contributed by atoms with Gasteiger partial charge < -0.3 is 19.8 Å². The molecule has 4 aromatic rings. The number of hydrogen-bond acceptors (Lipinski definition) is 8. The Labute approximate surface area is 177 Å². The van der Waals surface area contributed by atoms with Crippen molar-refractivity contribution in [2.24, 2.45) is 0 Å². The van der Waals surface area contributed by atoms with E-state index in [9.17, 15) is 4.79 Å². The minimum absolute atomic E-state index is 0.146. The van der Waals surface area contributed by atoms with E-state index in [0.717, 1.165) is 11.5 Å². The van der Waals surface area contributed by atoms with Crippen molar-refractivity contribution in [1.82, 2.24) is 24.9 Å². The summed E-state index contributed by atoms with van der Waals surface area (Å²) in [6.07, 6.45) is 2.88. The Kier molecular flexibility index (Phi) is 5.75. The average Bonchev–Trinajstić information content (AvgIpc) is 3.44. The minimum Gasteiger partial charge on any atom is -0.489 e. The van der Waals surface area contributed by atoms with Gasteiger partial charge in [0.05, 0.1) is 17.9 Å². The lowest BCUT2D eigenvalue weighted by molar-refractivity contribution is 0.0924. The van der Waals surface area contributed by atoms with Gasteiger partial charge in [-0.1, -0.05) is 6.07 Å². The molecule has 0 unspecified atom stereocenters. The summed E-state index contributed by atoms with van der Waals surface area (Å²) in [6, 6.07) is 12.4. The Morgan fingerprint density at radius 3 is 3.06 bits per heavy atom. The van der Waals surface area contributed by atoms with Crippen LogP contribution in [-0.2, 0) is 6.61 Å². The lowest BCUT2D eigenvalue weighted by Crippen LogP contribution is -2.29. The van der Waals surface area contributed by atoms with Crippen LogP contribution in [0.15, 0.2) is 53.4 Å². The number of amides is 1. The summed E-state index contributed by atoms with van der Waals surface area (Å²) >= 11 is 0. The van der Waals surface area contributed by atoms with Gasteiger partial charge in [-0.25, -0.2) is 4.98 Å². The first-order valence-corrected chi connectivity index (χ1v) is 9.53. The van der Waals surface area contributed by atoms with Crippen LogP contribution in [-0.4, -0.2) is 38.6 Å². The van der Waals surface area contributed by atoms with Crippen LogP contribution in [0, 0.1) is 18.3 Å². The largest absolute Gasteiger partial charge is 0.489 e. The van der Waals surface area contributed by atoms with E-state index in [4.69, 9.17) is 14.4 Å². The molecule has 0 saturated carbocycles. The number of carbonyl (C=O) groups is 1. The topological polar surface area (TPSA) is 130 Å². The van der Waals surface area contributed by atoms with Gasteiger partial charge in [-0.3, -0.25) is 4.79 Å². The standard InChI is InChI=1S/C21H19N7O3/c1-14-9-18(28-21(27-14)25-13-26-28)23-6-7-24-20(29)19-16(5-8-30-19)12-31-17-4-2-3-15(10-17)11-22/h2-5,8-10,13,23H,6-7,12H2,1H3,(H,24,29). The molecule has 10 nitrogen and oxygen atoms in total. The molecule has 0 spiro atoms. The molecule has 0 saturated heterocycles. The number of benzene rings is 1. The molecule has 0 radical (unpaired) electrons. The first kappa shape index (κ1) is 19.9. The number of nitrogens with one attached hydrogen (secondary N) is 2. The van der Waals surface area contributed by atoms with E-state index in [0.29, 0.717) is 35.7 Å². The zero-order valence-electron chi connectivity index (χ0n) is 16.7. The molecule has 4 rings (SSSR count). The molecule has 31 heavy (non-hydrogen) atoms. The Balaban J connectivity index is 1.31. The molecule has 1 amide bonds. The maximum absolute atomic E-state index is 12.5. The fraction of sp³-hybridized carbons (Fsp3) is 0.190. The summed E-state index contributed by atoms with van der Waals surface area (Å²) in [5, 5.41) is 19.1. The third-order valence-corrected chi connectivity index (χ3v) is 4.41. The van der Waals surface area contributed by atoms with Crippen LogP contribution in [0.1, 0.15) is 27.4 Å². The highest BCUT2D eigenvalue weighted by atomic mass is 16.5. The molecule has 0 atom stereocenters. The van der Waals surface area contributed by atoms with Gasteiger partial charge in [0, 0.05) is 30.4 Å². The van der Waals surface area contributed by atoms with Crippen molar-refractivity contribution < 1.29 is 13.9 Å². The van der Waals surface area contributed by atoms with Gasteiger partial charge in [0.1, 0.15) is 24.5 Å². The summed E-state index contributed by atoms with van der Waals surface area (Å²) in [6.45, 7) is 2.85. The van der Waals surface area contributed by atoms with Gasteiger partial charge >= 0.3 is 0 Å². The average molecular weight is 417 g/mol. The van der Waals surface area contributed by atoms with Crippen molar-refractivity contribution in [1.29, 1.82) is 5.26 Å². The lowest BCUT2D eigenvalue weighted by Gasteiger charge is -2.10. The van der Waals surface area contributed by atoms with Crippen LogP contribution in [0.3, 0.4) is 0 Å². The number of rotatable bonds is 8. The number of hydrogen-bond donors (Lipinski definition) is 2. The van der Waals surface area contributed by atoms with E-state index >= 15 is 0 Å². The molecule has 156 valence electrons. The summed E-state index contributed by atoms with van der Waals surface area (Å²) < 4.78 is 12.6. The molecule has 3 heterocycles. The summed E-state index contributed by atoms with van der Waals surface area (Å²) in [4.78, 5) is 20.9. The first-order chi connectivity index (χ1) is 15.1. The Hall–Kier alpha value is -4.39. The predicted molar refractivity (Wildman–Crippen MR) is 111 cm³/mol. The van der Waals surface area contributed by atoms with Gasteiger partial charge in [0.15, 0.2) is 5.76 Å². The number of anilines is 1. The van der Waals surface area contributed by atoms with E-state index in [1.165, 1.54) is 12.6 Å². The third kappa shape index (κ3) is 4.62. The van der Waals surface area contributed by atoms with Gasteiger partial charge in [-0.05, 0) is 31.2 Å². The fourth-order valence-corrected chi connectivity index (χ4v) is 2.97. The van der Waals surface area contributed by atoms with Crippen LogP contribution in [0.2, 0.25) is 0 Å². The quantitative estimate of drug-likeness (QED) is 0.418. The molecular formula is C21H19N7O3. The van der Waals surface area contributed by atoms with Crippen LogP contribution < -0.4 is 15.4 Å². The van der Waals surface area contributed by atoms with Crippen LogP contribution in [0.25, 0.3) is 5.78 Å². The number of aromatic nitrogens is 4. The van der Waals surface area contributed by atoms with Crippen molar-refractivity contribution in [3.05, 3.63) is 71.6 Å². The first-order valence-electron chi connectivity index (χ1n) is 9.53. The van der Waals surface area contributed by atoms with E-state index in [1.807, 2.05) is 13.0 Å². The Bertz CT molecular complexity index is 1260. The highest BCUT2D eigenvalue weighted by Gasteiger charge is 2.15. The summed E-state index contributed by atoms with van der Waals surface area (Å²) in [7, 11) is 0. The van der Waals surface area contributed by atoms with Crippen molar-refractivity contribution in [2.45, 2.75) is 13.5 Å². The number of ether oxygens (including phenoxy) is 1. The maximum atomic E-state index is 12.5. The molecule has 0 aliphatic rings. The molecule has 0 aliphatic heterocycles. The fourth-order valence-electron chi connectivity index (χ4n) is 2.97. The second kappa shape index (κ2) is 8.96. The van der Waals surface area contributed by atoms with E-state index in [1.54, 1.807) is 34.8 Å². The SMILES string of the molecule is Cc1cc(NCCNC(=O)c2occc2COc2cccc(C#N)c2)n2ncnc2n1. The lowest BCUT2D eigenvalue weighted by atomic mass is 10.2. The smallest absolute Gasteiger partial charge is 0.287 e. The zero-order valence-corrected chi connectivity index (χ0v) is 16.7. The number of fused-ring (bicyclic) bond motifs is 1. The normalized spacial score (nSPS) is 10.6. The van der Waals surface area contributed by atoms with Gasteiger partial charge in [-0.2, -0.15) is 19.9 Å². The monoisotopic (exact) mass is 417 g/mol. The van der Waals surface area contributed by atoms with Crippen molar-refractivity contribution >= 4 is 17.5 Å². The van der Waals surface area contributed by atoms with Crippen molar-refractivity contribution in [3.8, 4) is 11.8 Å². The van der Waals surface area contributed by atoms with Gasteiger partial charge in [0.25, 0.3) is 11.7 Å². The van der Waals surface area contributed by atoms with Crippen LogP contribution in [0.4, 0.5) is 5.82 Å². The van der Waals surface area contributed by atoms with E-state index in [-0.39, 0.29) is 18.3 Å². The van der Waals surface area contributed by atoms with Gasteiger partial charge in [-0.15, -0.1) is 0 Å². The molecule has 10 heteroatoms. The Morgan fingerprint density at radius 1 is 1.29 bits per heavy atom. The second-order valence-corrected chi connectivity index (χ2v) is 6.64. The zero-order chi connectivity index (χ0) is 21.6. The number of furan rings is 1. The molecule has 3 aromatic heterocycles. The number of nitrogens with zero attached hydrogens (tertiary/aromatic N) is 5. The molecule has 0 fully saturated rings. The maximum Gasteiger partial charge on any atom is 0.287 e. The van der Waals surface area contributed by atoms with Crippen molar-refractivity contribution in [2.75, 3.05) is 18.4 Å². The number of aryl methyl sites for hydroxylation is 1. The summed E-state index contributed by atoms with van der Waals surface area (Å²) in [5.74, 6) is 1.64. The number of nitriles is 1. The van der Waals surface area contributed by atoms with Crippen LogP contribution >= 0.6 is 0 Å². The molecule has 0 bridgehead atoms. The van der Waals surface area contributed by atoms with Crippen molar-refractivity contribution in [3.63, 3.8) is 0 Å². The minimum atomic E-state index is -0.340. The highest BCUT2D eigenvalue weighted by molar-refractivity contribution is 5.92. The van der Waals surface area contributed by atoms with Crippen LogP contribution in [0.5, 0.6) is 5.75 Å². The predicted octanol–water partition coefficient (Wildman–Crippen LogP) is 2.32. The molecule has 1 aromatic carbocycles. The molecular weight excluding hydrogens is 398 g/mol. The third-order valence-electron chi connectivity index (χ3n) is 4.41. The van der Waals surface area contributed by atoms with E-state index in [2.05, 4.69) is 31.8 Å². The highest BCUT2D eigenvalue weighted by Crippen LogP contribution is 2.17. The summed E-state index contributed by atoms with van der Waals surface area (Å²) in [5.41, 5.74) is 1.93. The van der Waals surface area contributed by atoms with E-state index < -0.39 is 0 Å². The molecule has 0 aliphatic carbocycles. The molecule has 2 N–H and O–H groups in total. The van der Waals surface area contributed by atoms with Gasteiger partial charge in [0.2, 0.25) is 0 Å².